The molecule has 1 aliphatic heterocycles. The van der Waals surface area contributed by atoms with Crippen molar-refractivity contribution in [3.63, 3.8) is 0 Å². The fourth-order valence-corrected chi connectivity index (χ4v) is 4.57. The number of thioether (sulfide) groups is 1. The van der Waals surface area contributed by atoms with E-state index in [0.717, 1.165) is 9.80 Å². The fraction of sp³-hybridized carbons (Fsp3) is 0.0357. The van der Waals surface area contributed by atoms with Gasteiger partial charge in [-0.15, -0.1) is 11.8 Å². The summed E-state index contributed by atoms with van der Waals surface area (Å²) in [5, 5.41) is 3.50. The van der Waals surface area contributed by atoms with Crippen molar-refractivity contribution in [2.75, 3.05) is 16.0 Å². The molecule has 4 aromatic carbocycles. The molecule has 0 radical (unpaired) electrons. The first-order chi connectivity index (χ1) is 17.5. The van der Waals surface area contributed by atoms with Gasteiger partial charge in [0.2, 0.25) is 5.91 Å². The maximum Gasteiger partial charge on any atom is 0.266 e. The molecule has 6 nitrogen and oxygen atoms in total. The van der Waals surface area contributed by atoms with Gasteiger partial charge >= 0.3 is 0 Å². The summed E-state index contributed by atoms with van der Waals surface area (Å²) < 4.78 is 5.94. The van der Waals surface area contributed by atoms with Crippen LogP contribution in [-0.2, 0) is 4.79 Å². The van der Waals surface area contributed by atoms with Gasteiger partial charge in [0.05, 0.1) is 22.6 Å². The number of nitrogens with one attached hydrogen (secondary N) is 1. The second-order valence-corrected chi connectivity index (χ2v) is 9.39. The molecule has 0 aromatic heterocycles. The number of imide groups is 1. The highest BCUT2D eigenvalue weighted by molar-refractivity contribution is 8.00. The minimum Gasteiger partial charge on any atom is -0.457 e. The van der Waals surface area contributed by atoms with Gasteiger partial charge in [0, 0.05) is 21.7 Å². The summed E-state index contributed by atoms with van der Waals surface area (Å²) >= 11 is 7.30. The largest absolute Gasteiger partial charge is 0.457 e. The molecule has 0 saturated heterocycles. The van der Waals surface area contributed by atoms with Gasteiger partial charge in [-0.25, -0.2) is 4.90 Å². The molecule has 3 amide bonds. The number of hydrogen-bond acceptors (Lipinski definition) is 5. The number of benzene rings is 4. The van der Waals surface area contributed by atoms with Crippen LogP contribution in [0.2, 0.25) is 5.02 Å². The van der Waals surface area contributed by atoms with Crippen LogP contribution in [0.5, 0.6) is 11.5 Å². The molecule has 5 rings (SSSR count). The standard InChI is InChI=1S/C28H19ClN2O4S/c29-18-9-12-23(13-10-18)36-17-26(32)30-19-5-4-8-21(15-19)35-22-11-14-24-25(16-22)28(34)31(27(24)33)20-6-2-1-3-7-20/h1-16H,17H2,(H,30,32). The Labute approximate surface area is 216 Å². The number of hydrogen-bond donors (Lipinski definition) is 1. The van der Waals surface area contributed by atoms with E-state index in [-0.39, 0.29) is 23.1 Å². The van der Waals surface area contributed by atoms with E-state index >= 15 is 0 Å². The summed E-state index contributed by atoms with van der Waals surface area (Å²) in [4.78, 5) is 40.3. The van der Waals surface area contributed by atoms with Crippen molar-refractivity contribution < 1.29 is 19.1 Å². The van der Waals surface area contributed by atoms with Gasteiger partial charge in [-0.1, -0.05) is 35.9 Å². The Bertz CT molecular complexity index is 1460. The topological polar surface area (TPSA) is 75.7 Å². The number of carbonyl (C=O) groups is 3. The Hall–Kier alpha value is -4.07. The van der Waals surface area contributed by atoms with E-state index in [1.807, 2.05) is 18.2 Å². The molecule has 36 heavy (non-hydrogen) atoms. The van der Waals surface area contributed by atoms with Crippen LogP contribution in [0.15, 0.2) is 102 Å². The molecule has 178 valence electrons. The second kappa shape index (κ2) is 10.3. The number of fused-ring (bicyclic) bond motifs is 1. The van der Waals surface area contributed by atoms with Crippen molar-refractivity contribution in [2.24, 2.45) is 0 Å². The van der Waals surface area contributed by atoms with Crippen molar-refractivity contribution in [3.8, 4) is 11.5 Å². The number of amides is 3. The fourth-order valence-electron chi connectivity index (χ4n) is 3.75. The molecule has 0 bridgehead atoms. The quantitative estimate of drug-likeness (QED) is 0.220. The van der Waals surface area contributed by atoms with E-state index < -0.39 is 5.91 Å². The maximum atomic E-state index is 13.0. The number of anilines is 2. The van der Waals surface area contributed by atoms with Crippen molar-refractivity contribution in [1.82, 2.24) is 0 Å². The Morgan fingerprint density at radius 3 is 2.31 bits per heavy atom. The molecule has 0 saturated carbocycles. The number of rotatable bonds is 7. The molecular weight excluding hydrogens is 496 g/mol. The second-order valence-electron chi connectivity index (χ2n) is 7.91. The van der Waals surface area contributed by atoms with Crippen LogP contribution >= 0.6 is 23.4 Å². The predicted molar refractivity (Wildman–Crippen MR) is 141 cm³/mol. The summed E-state index contributed by atoms with van der Waals surface area (Å²) in [6.45, 7) is 0. The van der Waals surface area contributed by atoms with E-state index in [1.165, 1.54) is 11.8 Å². The Morgan fingerprint density at radius 1 is 0.806 bits per heavy atom. The summed E-state index contributed by atoms with van der Waals surface area (Å²) in [6, 6.07) is 27.9. The van der Waals surface area contributed by atoms with E-state index in [1.54, 1.807) is 78.9 Å². The van der Waals surface area contributed by atoms with Gasteiger partial charge < -0.3 is 10.1 Å². The van der Waals surface area contributed by atoms with Crippen molar-refractivity contribution >= 4 is 52.5 Å². The molecule has 0 spiro atoms. The maximum absolute atomic E-state index is 13.0. The van der Waals surface area contributed by atoms with Gasteiger partial charge in [0.15, 0.2) is 0 Å². The van der Waals surface area contributed by atoms with Crippen LogP contribution in [0.25, 0.3) is 0 Å². The molecule has 4 aromatic rings. The zero-order valence-electron chi connectivity index (χ0n) is 18.8. The Morgan fingerprint density at radius 2 is 1.53 bits per heavy atom. The van der Waals surface area contributed by atoms with Gasteiger partial charge in [-0.3, -0.25) is 14.4 Å². The Kier molecular flexibility index (Phi) is 6.75. The molecule has 1 N–H and O–H groups in total. The third-order valence-electron chi connectivity index (χ3n) is 5.41. The first-order valence-electron chi connectivity index (χ1n) is 11.0. The molecular formula is C28H19ClN2O4S. The molecule has 0 fully saturated rings. The highest BCUT2D eigenvalue weighted by Gasteiger charge is 2.36. The van der Waals surface area contributed by atoms with Crippen LogP contribution in [0.1, 0.15) is 20.7 Å². The van der Waals surface area contributed by atoms with Crippen molar-refractivity contribution in [2.45, 2.75) is 4.90 Å². The SMILES string of the molecule is O=C(CSc1ccc(Cl)cc1)Nc1cccc(Oc2ccc3c(c2)C(=O)N(c2ccccc2)C3=O)c1. The minimum atomic E-state index is -0.397. The third kappa shape index (κ3) is 5.12. The first-order valence-corrected chi connectivity index (χ1v) is 12.4. The molecule has 1 aliphatic rings. The number of halogens is 1. The van der Waals surface area contributed by atoms with Crippen LogP contribution in [0.4, 0.5) is 11.4 Å². The zero-order valence-corrected chi connectivity index (χ0v) is 20.4. The monoisotopic (exact) mass is 514 g/mol. The molecule has 0 aliphatic carbocycles. The van der Waals surface area contributed by atoms with E-state index in [9.17, 15) is 14.4 Å². The van der Waals surface area contributed by atoms with Crippen molar-refractivity contribution in [3.05, 3.63) is 113 Å². The van der Waals surface area contributed by atoms with Gasteiger partial charge in [0.1, 0.15) is 11.5 Å². The lowest BCUT2D eigenvalue weighted by Gasteiger charge is -2.13. The smallest absolute Gasteiger partial charge is 0.266 e. The molecule has 0 atom stereocenters. The zero-order chi connectivity index (χ0) is 25.1. The summed E-state index contributed by atoms with van der Waals surface area (Å²) in [6.07, 6.45) is 0. The van der Waals surface area contributed by atoms with Crippen LogP contribution in [-0.4, -0.2) is 23.5 Å². The first kappa shape index (κ1) is 23.7. The average molecular weight is 515 g/mol. The number of para-hydroxylation sites is 1. The Balaban J connectivity index is 1.25. The highest BCUT2D eigenvalue weighted by Crippen LogP contribution is 2.33. The molecule has 8 heteroatoms. The minimum absolute atomic E-state index is 0.158. The van der Waals surface area contributed by atoms with Crippen LogP contribution in [0, 0.1) is 0 Å². The van der Waals surface area contributed by atoms with E-state index in [4.69, 9.17) is 16.3 Å². The summed E-state index contributed by atoms with van der Waals surface area (Å²) in [5.74, 6) is 0.210. The lowest BCUT2D eigenvalue weighted by atomic mass is 10.1. The average Bonchev–Trinajstić information content (AvgIpc) is 3.13. The normalized spacial score (nSPS) is 12.4. The highest BCUT2D eigenvalue weighted by atomic mass is 35.5. The third-order valence-corrected chi connectivity index (χ3v) is 6.67. The van der Waals surface area contributed by atoms with Crippen molar-refractivity contribution in [1.29, 1.82) is 0 Å². The predicted octanol–water partition coefficient (Wildman–Crippen LogP) is 6.66. The lowest BCUT2D eigenvalue weighted by Crippen LogP contribution is -2.29. The number of nitrogens with zero attached hydrogens (tertiary/aromatic N) is 1. The summed E-state index contributed by atoms with van der Waals surface area (Å²) in [5.41, 5.74) is 1.71. The van der Waals surface area contributed by atoms with E-state index in [0.29, 0.717) is 33.5 Å². The van der Waals surface area contributed by atoms with E-state index in [2.05, 4.69) is 5.32 Å². The van der Waals surface area contributed by atoms with Crippen LogP contribution < -0.4 is 15.0 Å². The number of carbonyl (C=O) groups excluding carboxylic acids is 3. The van der Waals surface area contributed by atoms with Gasteiger partial charge in [-0.2, -0.15) is 0 Å². The molecule has 0 unspecified atom stereocenters. The van der Waals surface area contributed by atoms with Gasteiger partial charge in [0.25, 0.3) is 11.8 Å². The number of ether oxygens (including phenoxy) is 1. The summed E-state index contributed by atoms with van der Waals surface area (Å²) in [7, 11) is 0. The van der Waals surface area contributed by atoms with Crippen LogP contribution in [0.3, 0.4) is 0 Å². The lowest BCUT2D eigenvalue weighted by molar-refractivity contribution is -0.113. The van der Waals surface area contributed by atoms with Gasteiger partial charge in [-0.05, 0) is 66.7 Å². The molecule has 1 heterocycles.